The van der Waals surface area contributed by atoms with Gasteiger partial charge in [-0.2, -0.15) is 0 Å². The number of rotatable bonds is 5. The summed E-state index contributed by atoms with van der Waals surface area (Å²) in [5.74, 6) is -0.0263. The van der Waals surface area contributed by atoms with Crippen molar-refractivity contribution in [1.29, 1.82) is 0 Å². The van der Waals surface area contributed by atoms with Gasteiger partial charge in [0.05, 0.1) is 6.04 Å². The molecule has 0 spiro atoms. The molecule has 1 aliphatic rings. The summed E-state index contributed by atoms with van der Waals surface area (Å²) < 4.78 is 0. The number of piperazine rings is 1. The Labute approximate surface area is 172 Å². The third kappa shape index (κ3) is 4.69. The molecule has 1 N–H and O–H groups in total. The Morgan fingerprint density at radius 1 is 1.14 bits per heavy atom. The lowest BCUT2D eigenvalue weighted by Crippen LogP contribution is -2.48. The van der Waals surface area contributed by atoms with Gasteiger partial charge < -0.3 is 15.1 Å². The Balaban J connectivity index is 0.00000280. The van der Waals surface area contributed by atoms with E-state index in [1.165, 1.54) is 0 Å². The molecule has 6 nitrogen and oxygen atoms in total. The summed E-state index contributed by atoms with van der Waals surface area (Å²) in [7, 11) is 0. The van der Waals surface area contributed by atoms with Gasteiger partial charge in [-0.3, -0.25) is 14.6 Å². The largest absolute Gasteiger partial charge is 0.339 e. The van der Waals surface area contributed by atoms with E-state index in [1.807, 2.05) is 37.1 Å². The number of nitrogens with zero attached hydrogens (tertiary/aromatic N) is 3. The molecule has 1 aliphatic heterocycles. The van der Waals surface area contributed by atoms with Gasteiger partial charge in [-0.25, -0.2) is 0 Å². The van der Waals surface area contributed by atoms with Crippen LogP contribution in [0.15, 0.2) is 48.8 Å². The first-order valence-corrected chi connectivity index (χ1v) is 9.46. The highest BCUT2D eigenvalue weighted by Gasteiger charge is 2.28. The van der Waals surface area contributed by atoms with Crippen LogP contribution in [0.3, 0.4) is 0 Å². The number of benzene rings is 1. The molecule has 0 saturated carbocycles. The second-order valence-electron chi connectivity index (χ2n) is 6.56. The van der Waals surface area contributed by atoms with Crippen LogP contribution in [-0.4, -0.2) is 59.3 Å². The molecule has 1 saturated heterocycles. The van der Waals surface area contributed by atoms with Crippen molar-refractivity contribution in [3.63, 3.8) is 0 Å². The van der Waals surface area contributed by atoms with E-state index in [4.69, 9.17) is 0 Å². The van der Waals surface area contributed by atoms with Gasteiger partial charge in [0, 0.05) is 56.2 Å². The predicted octanol–water partition coefficient (Wildman–Crippen LogP) is 2.77. The Morgan fingerprint density at radius 2 is 1.82 bits per heavy atom. The standard InChI is InChI=1S/C21H26N4O2.ClH/c1-3-24(4-2)20(26)16-7-9-17(10-8-16)21(27)25-13-12-23-15-19(25)18-6-5-11-22-14-18;/h5-11,14,19,23H,3-4,12-13,15H2,1-2H3;1H. The van der Waals surface area contributed by atoms with Gasteiger partial charge in [-0.05, 0) is 49.7 Å². The lowest BCUT2D eigenvalue weighted by molar-refractivity contribution is 0.0633. The van der Waals surface area contributed by atoms with E-state index in [-0.39, 0.29) is 30.3 Å². The van der Waals surface area contributed by atoms with E-state index in [0.717, 1.165) is 12.1 Å². The third-order valence-electron chi connectivity index (χ3n) is 5.00. The van der Waals surface area contributed by atoms with Gasteiger partial charge in [-0.1, -0.05) is 6.07 Å². The maximum atomic E-state index is 13.1. The number of halogens is 1. The number of aromatic nitrogens is 1. The van der Waals surface area contributed by atoms with Crippen LogP contribution in [0.2, 0.25) is 0 Å². The molecule has 3 rings (SSSR count). The average Bonchev–Trinajstić information content (AvgIpc) is 2.75. The van der Waals surface area contributed by atoms with Crippen molar-refractivity contribution in [3.05, 3.63) is 65.5 Å². The summed E-state index contributed by atoms with van der Waals surface area (Å²) in [6.07, 6.45) is 3.54. The van der Waals surface area contributed by atoms with E-state index in [9.17, 15) is 9.59 Å². The summed E-state index contributed by atoms with van der Waals surface area (Å²) in [6, 6.07) is 10.8. The van der Waals surface area contributed by atoms with E-state index in [1.54, 1.807) is 35.4 Å². The number of hydrogen-bond acceptors (Lipinski definition) is 4. The summed E-state index contributed by atoms with van der Waals surface area (Å²) >= 11 is 0. The number of carbonyl (C=O) groups excluding carboxylic acids is 2. The normalized spacial score (nSPS) is 16.2. The topological polar surface area (TPSA) is 65.5 Å². The molecule has 2 heterocycles. The van der Waals surface area contributed by atoms with Gasteiger partial charge in [0.25, 0.3) is 11.8 Å². The van der Waals surface area contributed by atoms with Crippen LogP contribution >= 0.6 is 12.4 Å². The van der Waals surface area contributed by atoms with Crippen molar-refractivity contribution < 1.29 is 9.59 Å². The molecular weight excluding hydrogens is 376 g/mol. The van der Waals surface area contributed by atoms with Gasteiger partial charge in [0.2, 0.25) is 0 Å². The van der Waals surface area contributed by atoms with E-state index < -0.39 is 0 Å². The molecule has 1 atom stereocenters. The number of nitrogens with one attached hydrogen (secondary N) is 1. The molecular formula is C21H27ClN4O2. The summed E-state index contributed by atoms with van der Waals surface area (Å²) in [6.45, 7) is 7.37. The zero-order valence-electron chi connectivity index (χ0n) is 16.3. The predicted molar refractivity (Wildman–Crippen MR) is 112 cm³/mol. The SMILES string of the molecule is CCN(CC)C(=O)c1ccc(C(=O)N2CCNCC2c2cccnc2)cc1.Cl. The van der Waals surface area contributed by atoms with Crippen molar-refractivity contribution in [2.75, 3.05) is 32.7 Å². The van der Waals surface area contributed by atoms with Crippen LogP contribution < -0.4 is 5.32 Å². The molecule has 0 radical (unpaired) electrons. The van der Waals surface area contributed by atoms with Crippen molar-refractivity contribution in [3.8, 4) is 0 Å². The molecule has 1 fully saturated rings. The van der Waals surface area contributed by atoms with Crippen LogP contribution in [0.5, 0.6) is 0 Å². The fourth-order valence-corrected chi connectivity index (χ4v) is 3.43. The van der Waals surface area contributed by atoms with Gasteiger partial charge >= 0.3 is 0 Å². The molecule has 2 aromatic rings. The van der Waals surface area contributed by atoms with Crippen molar-refractivity contribution in [2.24, 2.45) is 0 Å². The lowest BCUT2D eigenvalue weighted by atomic mass is 10.0. The first kappa shape index (κ1) is 21.9. The van der Waals surface area contributed by atoms with Crippen LogP contribution in [0, 0.1) is 0 Å². The van der Waals surface area contributed by atoms with Crippen molar-refractivity contribution in [1.82, 2.24) is 20.1 Å². The average molecular weight is 403 g/mol. The van der Waals surface area contributed by atoms with Gasteiger partial charge in [-0.15, -0.1) is 12.4 Å². The molecule has 1 aromatic carbocycles. The Hall–Kier alpha value is -2.44. The van der Waals surface area contributed by atoms with Crippen LogP contribution in [-0.2, 0) is 0 Å². The maximum Gasteiger partial charge on any atom is 0.254 e. The Morgan fingerprint density at radius 3 is 2.43 bits per heavy atom. The minimum absolute atomic E-state index is 0. The second kappa shape index (κ2) is 10.2. The molecule has 150 valence electrons. The van der Waals surface area contributed by atoms with E-state index >= 15 is 0 Å². The van der Waals surface area contributed by atoms with E-state index in [0.29, 0.717) is 37.3 Å². The third-order valence-corrected chi connectivity index (χ3v) is 5.00. The molecule has 7 heteroatoms. The van der Waals surface area contributed by atoms with E-state index in [2.05, 4.69) is 10.3 Å². The zero-order chi connectivity index (χ0) is 19.2. The van der Waals surface area contributed by atoms with Crippen LogP contribution in [0.1, 0.15) is 46.2 Å². The number of amides is 2. The fourth-order valence-electron chi connectivity index (χ4n) is 3.43. The minimum Gasteiger partial charge on any atom is -0.339 e. The molecule has 0 aliphatic carbocycles. The fraction of sp³-hybridized carbons (Fsp3) is 0.381. The maximum absolute atomic E-state index is 13.1. The van der Waals surface area contributed by atoms with Crippen LogP contribution in [0.25, 0.3) is 0 Å². The molecule has 28 heavy (non-hydrogen) atoms. The molecule has 0 bridgehead atoms. The van der Waals surface area contributed by atoms with Crippen molar-refractivity contribution in [2.45, 2.75) is 19.9 Å². The number of hydrogen-bond donors (Lipinski definition) is 1. The molecule has 1 aromatic heterocycles. The van der Waals surface area contributed by atoms with Gasteiger partial charge in [0.15, 0.2) is 0 Å². The Bertz CT molecular complexity index is 779. The minimum atomic E-state index is -0.0445. The second-order valence-corrected chi connectivity index (χ2v) is 6.56. The molecule has 2 amide bonds. The first-order chi connectivity index (χ1) is 13.2. The highest BCUT2D eigenvalue weighted by atomic mass is 35.5. The molecule has 1 unspecified atom stereocenters. The highest BCUT2D eigenvalue weighted by molar-refractivity contribution is 5.98. The van der Waals surface area contributed by atoms with Gasteiger partial charge in [0.1, 0.15) is 0 Å². The quantitative estimate of drug-likeness (QED) is 0.835. The van der Waals surface area contributed by atoms with Crippen molar-refractivity contribution >= 4 is 24.2 Å². The zero-order valence-corrected chi connectivity index (χ0v) is 17.1. The Kier molecular flexibility index (Phi) is 7.96. The number of carbonyl (C=O) groups is 2. The first-order valence-electron chi connectivity index (χ1n) is 9.46. The smallest absolute Gasteiger partial charge is 0.254 e. The monoisotopic (exact) mass is 402 g/mol. The summed E-state index contributed by atoms with van der Waals surface area (Å²) in [5, 5.41) is 3.35. The summed E-state index contributed by atoms with van der Waals surface area (Å²) in [4.78, 5) is 33.4. The highest BCUT2D eigenvalue weighted by Crippen LogP contribution is 2.23. The van der Waals surface area contributed by atoms with Crippen LogP contribution in [0.4, 0.5) is 0 Å². The number of pyridine rings is 1. The summed E-state index contributed by atoms with van der Waals surface area (Å²) in [5.41, 5.74) is 2.23. The lowest BCUT2D eigenvalue weighted by Gasteiger charge is -2.36.